The van der Waals surface area contributed by atoms with Crippen LogP contribution in [0.5, 0.6) is 0 Å². The highest BCUT2D eigenvalue weighted by atomic mass is 16.5. The molecule has 1 atom stereocenters. The van der Waals surface area contributed by atoms with Crippen LogP contribution in [0.4, 0.5) is 0 Å². The number of ether oxygens (including phenoxy) is 1. The molecule has 0 spiro atoms. The molecule has 1 heterocycles. The van der Waals surface area contributed by atoms with E-state index >= 15 is 0 Å². The SMILES string of the molecule is CC.CC.CC(C)C.CC1CCOCC1.CCC(C)CCNCC(C)C. The van der Waals surface area contributed by atoms with E-state index in [1.165, 1.54) is 32.2 Å². The number of rotatable bonds is 6. The highest BCUT2D eigenvalue weighted by Gasteiger charge is 2.06. The van der Waals surface area contributed by atoms with Crippen molar-refractivity contribution >= 4 is 0 Å². The molecule has 1 fully saturated rings. The van der Waals surface area contributed by atoms with Crippen LogP contribution < -0.4 is 5.32 Å². The largest absolute Gasteiger partial charge is 0.381 e. The van der Waals surface area contributed by atoms with Crippen LogP contribution in [0.25, 0.3) is 0 Å². The molecule has 2 nitrogen and oxygen atoms in total. The van der Waals surface area contributed by atoms with Gasteiger partial charge in [-0.3, -0.25) is 0 Å². The van der Waals surface area contributed by atoms with Gasteiger partial charge >= 0.3 is 0 Å². The Hall–Kier alpha value is -0.0800. The molecule has 0 amide bonds. The van der Waals surface area contributed by atoms with Crippen molar-refractivity contribution in [1.82, 2.24) is 5.32 Å². The van der Waals surface area contributed by atoms with E-state index < -0.39 is 0 Å². The molecule has 1 saturated heterocycles. The average Bonchev–Trinajstić information content (AvgIpc) is 2.62. The van der Waals surface area contributed by atoms with Gasteiger partial charge in [-0.05, 0) is 56.0 Å². The molecule has 1 rings (SSSR count). The number of nitrogens with one attached hydrogen (secondary N) is 1. The third-order valence-electron chi connectivity index (χ3n) is 3.57. The summed E-state index contributed by atoms with van der Waals surface area (Å²) in [4.78, 5) is 0. The molecule has 164 valence electrons. The topological polar surface area (TPSA) is 21.3 Å². The minimum atomic E-state index is 0.784. The predicted molar refractivity (Wildman–Crippen MR) is 124 cm³/mol. The van der Waals surface area contributed by atoms with Crippen molar-refractivity contribution in [3.05, 3.63) is 0 Å². The first-order valence-electron chi connectivity index (χ1n) is 11.6. The van der Waals surface area contributed by atoms with Crippen LogP contribution in [-0.4, -0.2) is 26.3 Å². The molecule has 0 saturated carbocycles. The smallest absolute Gasteiger partial charge is 0.0468 e. The summed E-state index contributed by atoms with van der Waals surface area (Å²) in [6, 6.07) is 0. The fourth-order valence-electron chi connectivity index (χ4n) is 1.76. The molecule has 0 aromatic rings. The van der Waals surface area contributed by atoms with Crippen LogP contribution in [-0.2, 0) is 4.74 Å². The van der Waals surface area contributed by atoms with Gasteiger partial charge in [0.1, 0.15) is 0 Å². The molecular formula is C24H57NO. The summed E-state index contributed by atoms with van der Waals surface area (Å²) in [7, 11) is 0. The van der Waals surface area contributed by atoms with Crippen LogP contribution >= 0.6 is 0 Å². The maximum Gasteiger partial charge on any atom is 0.0468 e. The van der Waals surface area contributed by atoms with Crippen molar-refractivity contribution in [3.8, 4) is 0 Å². The lowest BCUT2D eigenvalue weighted by molar-refractivity contribution is 0.0716. The van der Waals surface area contributed by atoms with Crippen molar-refractivity contribution in [2.24, 2.45) is 23.7 Å². The lowest BCUT2D eigenvalue weighted by atomic mass is 10.0. The van der Waals surface area contributed by atoms with Gasteiger partial charge in [0.05, 0.1) is 0 Å². The lowest BCUT2D eigenvalue weighted by Gasteiger charge is -2.16. The van der Waals surface area contributed by atoms with E-state index in [2.05, 4.69) is 60.7 Å². The number of hydrogen-bond acceptors (Lipinski definition) is 2. The van der Waals surface area contributed by atoms with E-state index in [0.717, 1.165) is 43.4 Å². The van der Waals surface area contributed by atoms with Crippen LogP contribution in [0.1, 0.15) is 109 Å². The third-order valence-corrected chi connectivity index (χ3v) is 3.57. The first kappa shape index (κ1) is 33.5. The quantitative estimate of drug-likeness (QED) is 0.478. The standard InChI is InChI=1S/C10H23N.C6H12O.C4H10.2C2H6/c1-5-10(4)6-7-11-8-9(2)3;1-6-2-4-7-5-3-6;1-4(2)3;2*1-2/h9-11H,5-8H2,1-4H3;6H,2-5H2,1H3;4H,1-3H3;2*1-2H3. The summed E-state index contributed by atoms with van der Waals surface area (Å²) in [5, 5.41) is 3.45. The lowest BCUT2D eigenvalue weighted by Crippen LogP contribution is -2.21. The summed E-state index contributed by atoms with van der Waals surface area (Å²) < 4.78 is 5.14. The van der Waals surface area contributed by atoms with E-state index in [-0.39, 0.29) is 0 Å². The monoisotopic (exact) mass is 375 g/mol. The molecule has 1 aliphatic heterocycles. The first-order chi connectivity index (χ1) is 12.3. The third kappa shape index (κ3) is 43.9. The molecule has 0 aliphatic carbocycles. The van der Waals surface area contributed by atoms with Gasteiger partial charge in [0.2, 0.25) is 0 Å². The van der Waals surface area contributed by atoms with E-state index in [4.69, 9.17) is 4.74 Å². The van der Waals surface area contributed by atoms with E-state index in [1.807, 2.05) is 27.7 Å². The summed E-state index contributed by atoms with van der Waals surface area (Å²) in [5.41, 5.74) is 0. The summed E-state index contributed by atoms with van der Waals surface area (Å²) >= 11 is 0. The van der Waals surface area contributed by atoms with Crippen molar-refractivity contribution in [1.29, 1.82) is 0 Å². The Morgan fingerprint density at radius 2 is 1.31 bits per heavy atom. The second-order valence-electron chi connectivity index (χ2n) is 7.93. The van der Waals surface area contributed by atoms with Gasteiger partial charge in [-0.25, -0.2) is 0 Å². The fourth-order valence-corrected chi connectivity index (χ4v) is 1.76. The maximum atomic E-state index is 5.14. The van der Waals surface area contributed by atoms with Crippen LogP contribution in [0.3, 0.4) is 0 Å². The summed E-state index contributed by atoms with van der Waals surface area (Å²) in [6.07, 6.45) is 5.16. The Balaban J connectivity index is -0.000000138. The minimum Gasteiger partial charge on any atom is -0.381 e. The van der Waals surface area contributed by atoms with Crippen LogP contribution in [0.15, 0.2) is 0 Å². The molecule has 2 heteroatoms. The van der Waals surface area contributed by atoms with Gasteiger partial charge < -0.3 is 10.1 Å². The molecule has 1 N–H and O–H groups in total. The Morgan fingerprint density at radius 3 is 1.58 bits per heavy atom. The zero-order chi connectivity index (χ0) is 21.4. The van der Waals surface area contributed by atoms with Crippen LogP contribution in [0, 0.1) is 23.7 Å². The summed E-state index contributed by atoms with van der Waals surface area (Å²) in [6.45, 7) is 30.2. The van der Waals surface area contributed by atoms with E-state index in [1.54, 1.807) is 0 Å². The predicted octanol–water partition coefficient (Wildman–Crippen LogP) is 7.82. The molecule has 1 aliphatic rings. The van der Waals surface area contributed by atoms with Gasteiger partial charge in [-0.2, -0.15) is 0 Å². The zero-order valence-electron chi connectivity index (χ0n) is 20.9. The second-order valence-corrected chi connectivity index (χ2v) is 7.93. The molecule has 1 unspecified atom stereocenters. The average molecular weight is 376 g/mol. The van der Waals surface area contributed by atoms with Crippen molar-refractivity contribution in [2.45, 2.75) is 109 Å². The van der Waals surface area contributed by atoms with E-state index in [9.17, 15) is 0 Å². The zero-order valence-corrected chi connectivity index (χ0v) is 20.9. The molecule has 0 bridgehead atoms. The van der Waals surface area contributed by atoms with Gasteiger partial charge in [0, 0.05) is 13.2 Å². The van der Waals surface area contributed by atoms with E-state index in [0.29, 0.717) is 0 Å². The Bertz CT molecular complexity index is 196. The Kier molecular flexibility index (Phi) is 38.2. The number of hydrogen-bond donors (Lipinski definition) is 1. The highest BCUT2D eigenvalue weighted by Crippen LogP contribution is 2.11. The second kappa shape index (κ2) is 29.7. The van der Waals surface area contributed by atoms with Gasteiger partial charge in [-0.15, -0.1) is 0 Å². The van der Waals surface area contributed by atoms with Crippen molar-refractivity contribution in [2.75, 3.05) is 26.3 Å². The van der Waals surface area contributed by atoms with Gasteiger partial charge in [0.25, 0.3) is 0 Å². The fraction of sp³-hybridized carbons (Fsp3) is 1.00. The maximum absolute atomic E-state index is 5.14. The van der Waals surface area contributed by atoms with Gasteiger partial charge in [-0.1, -0.05) is 89.5 Å². The van der Waals surface area contributed by atoms with Crippen molar-refractivity contribution < 1.29 is 4.74 Å². The normalized spacial score (nSPS) is 14.5. The molecule has 0 radical (unpaired) electrons. The first-order valence-corrected chi connectivity index (χ1v) is 11.6. The molecule has 0 aromatic heterocycles. The summed E-state index contributed by atoms with van der Waals surface area (Å²) in [5.74, 6) is 3.41. The highest BCUT2D eigenvalue weighted by molar-refractivity contribution is 4.56. The van der Waals surface area contributed by atoms with Crippen molar-refractivity contribution in [3.63, 3.8) is 0 Å². The van der Waals surface area contributed by atoms with Gasteiger partial charge in [0.15, 0.2) is 0 Å². The Morgan fingerprint density at radius 1 is 0.885 bits per heavy atom. The Labute approximate surface area is 169 Å². The van der Waals surface area contributed by atoms with Crippen LogP contribution in [0.2, 0.25) is 0 Å². The minimum absolute atomic E-state index is 0.784. The molecule has 0 aromatic carbocycles. The molecular weight excluding hydrogens is 318 g/mol. The molecule has 26 heavy (non-hydrogen) atoms.